The summed E-state index contributed by atoms with van der Waals surface area (Å²) in [7, 11) is 0. The Morgan fingerprint density at radius 2 is 1.83 bits per heavy atom. The molecule has 114 valence electrons. The van der Waals surface area contributed by atoms with Crippen LogP contribution < -0.4 is 0 Å². The molecule has 0 atom stereocenters. The van der Waals surface area contributed by atoms with Gasteiger partial charge in [0.15, 0.2) is 0 Å². The summed E-state index contributed by atoms with van der Waals surface area (Å²) in [5, 5.41) is 1.15. The van der Waals surface area contributed by atoms with Crippen molar-refractivity contribution in [3.63, 3.8) is 0 Å². The molecule has 1 aliphatic rings. The zero-order valence-corrected chi connectivity index (χ0v) is 13.3. The molecule has 3 heteroatoms. The minimum absolute atomic E-state index is 0.870. The van der Waals surface area contributed by atoms with E-state index in [0.717, 1.165) is 51.1 Å². The molecule has 0 aliphatic heterocycles. The molecule has 1 aliphatic carbocycles. The molecule has 24 heavy (non-hydrogen) atoms. The van der Waals surface area contributed by atoms with Gasteiger partial charge in [0.05, 0.1) is 16.9 Å². The Morgan fingerprint density at radius 1 is 0.917 bits per heavy atom. The van der Waals surface area contributed by atoms with Crippen molar-refractivity contribution in [3.05, 3.63) is 77.9 Å². The van der Waals surface area contributed by atoms with Crippen LogP contribution in [0.1, 0.15) is 17.0 Å². The molecular weight excluding hydrogens is 294 g/mol. The maximum absolute atomic E-state index is 4.74. The highest BCUT2D eigenvalue weighted by molar-refractivity contribution is 5.95. The number of hydrogen-bond donors (Lipinski definition) is 0. The third-order valence-corrected chi connectivity index (χ3v) is 4.66. The van der Waals surface area contributed by atoms with Crippen molar-refractivity contribution in [2.45, 2.75) is 13.3 Å². The smallest absolute Gasteiger partial charge is 0.0759 e. The Hall–Kier alpha value is -3.07. The summed E-state index contributed by atoms with van der Waals surface area (Å²) in [5.74, 6) is 0. The predicted molar refractivity (Wildman–Crippen MR) is 95.7 cm³/mol. The van der Waals surface area contributed by atoms with Gasteiger partial charge in [-0.25, -0.2) is 0 Å². The number of fused-ring (bicyclic) bond motifs is 4. The van der Waals surface area contributed by atoms with E-state index in [1.54, 1.807) is 0 Å². The lowest BCUT2D eigenvalue weighted by Gasteiger charge is -2.08. The first kappa shape index (κ1) is 13.4. The van der Waals surface area contributed by atoms with E-state index in [1.807, 2.05) is 31.5 Å². The maximum Gasteiger partial charge on any atom is 0.0759 e. The van der Waals surface area contributed by atoms with Crippen LogP contribution in [0.5, 0.6) is 0 Å². The standard InChI is InChI=1S/C21H15N3/c1-13-6-7-14-11-20-18(21(14)24-13)10-15(12-23-20)16-8-9-22-19-5-3-2-4-17(16)19/h2-10,12H,11H2,1H3. The molecular formula is C21H15N3. The van der Waals surface area contributed by atoms with E-state index in [4.69, 9.17) is 9.97 Å². The molecule has 0 spiro atoms. The summed E-state index contributed by atoms with van der Waals surface area (Å²) >= 11 is 0. The van der Waals surface area contributed by atoms with Crippen LogP contribution in [0, 0.1) is 6.92 Å². The van der Waals surface area contributed by atoms with E-state index in [1.165, 1.54) is 5.56 Å². The predicted octanol–water partition coefficient (Wildman–Crippen LogP) is 4.57. The van der Waals surface area contributed by atoms with Crippen LogP contribution in [0.4, 0.5) is 0 Å². The van der Waals surface area contributed by atoms with Gasteiger partial charge in [-0.15, -0.1) is 0 Å². The summed E-state index contributed by atoms with van der Waals surface area (Å²) in [5.41, 5.74) is 8.95. The second kappa shape index (κ2) is 4.96. The first-order valence-electron chi connectivity index (χ1n) is 8.09. The van der Waals surface area contributed by atoms with Crippen molar-refractivity contribution in [1.82, 2.24) is 15.0 Å². The van der Waals surface area contributed by atoms with E-state index in [9.17, 15) is 0 Å². The lowest BCUT2D eigenvalue weighted by Crippen LogP contribution is -1.90. The average Bonchev–Trinajstić information content (AvgIpc) is 2.98. The van der Waals surface area contributed by atoms with Crippen LogP contribution in [-0.2, 0) is 6.42 Å². The van der Waals surface area contributed by atoms with Crippen LogP contribution in [0.2, 0.25) is 0 Å². The van der Waals surface area contributed by atoms with Crippen LogP contribution in [0.3, 0.4) is 0 Å². The number of aryl methyl sites for hydroxylation is 1. The highest BCUT2D eigenvalue weighted by Crippen LogP contribution is 2.37. The van der Waals surface area contributed by atoms with Gasteiger partial charge in [0.1, 0.15) is 0 Å². The number of aromatic nitrogens is 3. The average molecular weight is 309 g/mol. The van der Waals surface area contributed by atoms with E-state index in [0.29, 0.717) is 0 Å². The van der Waals surface area contributed by atoms with Gasteiger partial charge in [0.2, 0.25) is 0 Å². The summed E-state index contributed by atoms with van der Waals surface area (Å²) in [6.45, 7) is 2.03. The van der Waals surface area contributed by atoms with Gasteiger partial charge in [-0.3, -0.25) is 15.0 Å². The van der Waals surface area contributed by atoms with Crippen molar-refractivity contribution in [1.29, 1.82) is 0 Å². The summed E-state index contributed by atoms with van der Waals surface area (Å²) < 4.78 is 0. The van der Waals surface area contributed by atoms with E-state index < -0.39 is 0 Å². The third kappa shape index (κ3) is 1.95. The molecule has 0 radical (unpaired) electrons. The van der Waals surface area contributed by atoms with Crippen molar-refractivity contribution in [2.75, 3.05) is 0 Å². The molecule has 3 aromatic heterocycles. The van der Waals surface area contributed by atoms with Crippen LogP contribution in [-0.4, -0.2) is 15.0 Å². The van der Waals surface area contributed by atoms with Crippen LogP contribution >= 0.6 is 0 Å². The van der Waals surface area contributed by atoms with Gasteiger partial charge in [0, 0.05) is 41.0 Å². The maximum atomic E-state index is 4.74. The van der Waals surface area contributed by atoms with E-state index in [2.05, 4.69) is 41.4 Å². The van der Waals surface area contributed by atoms with Gasteiger partial charge in [-0.1, -0.05) is 24.3 Å². The van der Waals surface area contributed by atoms with Gasteiger partial charge < -0.3 is 0 Å². The fourth-order valence-corrected chi connectivity index (χ4v) is 3.48. The molecule has 3 nitrogen and oxygen atoms in total. The van der Waals surface area contributed by atoms with Crippen molar-refractivity contribution >= 4 is 10.9 Å². The molecule has 3 heterocycles. The van der Waals surface area contributed by atoms with E-state index >= 15 is 0 Å². The molecule has 0 saturated heterocycles. The highest BCUT2D eigenvalue weighted by Gasteiger charge is 2.22. The Balaban J connectivity index is 1.74. The zero-order valence-electron chi connectivity index (χ0n) is 13.3. The molecule has 5 rings (SSSR count). The highest BCUT2D eigenvalue weighted by atomic mass is 14.8. The summed E-state index contributed by atoms with van der Waals surface area (Å²) in [6, 6.07) is 16.7. The van der Waals surface area contributed by atoms with E-state index in [-0.39, 0.29) is 0 Å². The number of benzene rings is 1. The Labute approximate surface area is 140 Å². The quantitative estimate of drug-likeness (QED) is 0.455. The second-order valence-corrected chi connectivity index (χ2v) is 6.23. The topological polar surface area (TPSA) is 38.7 Å². The minimum Gasteiger partial charge on any atom is -0.260 e. The normalized spacial score (nSPS) is 12.2. The Kier molecular flexibility index (Phi) is 2.77. The summed E-state index contributed by atoms with van der Waals surface area (Å²) in [6.07, 6.45) is 4.70. The van der Waals surface area contributed by atoms with Gasteiger partial charge in [-0.05, 0) is 42.3 Å². The van der Waals surface area contributed by atoms with Crippen molar-refractivity contribution in [2.24, 2.45) is 0 Å². The summed E-state index contributed by atoms with van der Waals surface area (Å²) in [4.78, 5) is 13.9. The number of para-hydroxylation sites is 1. The number of nitrogens with zero attached hydrogens (tertiary/aromatic N) is 3. The molecule has 4 aromatic rings. The number of pyridine rings is 3. The Bertz CT molecular complexity index is 1090. The zero-order chi connectivity index (χ0) is 16.1. The number of rotatable bonds is 1. The SMILES string of the molecule is Cc1ccc2c(n1)-c1cc(-c3ccnc4ccccc34)cnc1C2. The van der Waals surface area contributed by atoms with Crippen molar-refractivity contribution in [3.8, 4) is 22.4 Å². The molecule has 0 amide bonds. The van der Waals surface area contributed by atoms with Crippen LogP contribution in [0.15, 0.2) is 60.9 Å². The third-order valence-electron chi connectivity index (χ3n) is 4.66. The second-order valence-electron chi connectivity index (χ2n) is 6.23. The molecule has 1 aromatic carbocycles. The lowest BCUT2D eigenvalue weighted by molar-refractivity contribution is 1.11. The number of hydrogen-bond acceptors (Lipinski definition) is 3. The molecule has 0 fully saturated rings. The monoisotopic (exact) mass is 309 g/mol. The largest absolute Gasteiger partial charge is 0.260 e. The van der Waals surface area contributed by atoms with Crippen molar-refractivity contribution < 1.29 is 0 Å². The first-order valence-corrected chi connectivity index (χ1v) is 8.09. The fraction of sp³-hybridized carbons (Fsp3) is 0.0952. The van der Waals surface area contributed by atoms with Gasteiger partial charge in [0.25, 0.3) is 0 Å². The minimum atomic E-state index is 0.870. The lowest BCUT2D eigenvalue weighted by atomic mass is 10.0. The molecule has 0 unspecified atom stereocenters. The van der Waals surface area contributed by atoms with Crippen LogP contribution in [0.25, 0.3) is 33.3 Å². The molecule has 0 saturated carbocycles. The molecule has 0 N–H and O–H groups in total. The van der Waals surface area contributed by atoms with Gasteiger partial charge >= 0.3 is 0 Å². The Morgan fingerprint density at radius 3 is 2.79 bits per heavy atom. The molecule has 0 bridgehead atoms. The van der Waals surface area contributed by atoms with Gasteiger partial charge in [-0.2, -0.15) is 0 Å². The first-order chi connectivity index (χ1) is 11.8. The fourth-order valence-electron chi connectivity index (χ4n) is 3.48.